The van der Waals surface area contributed by atoms with E-state index in [1.165, 1.54) is 16.1 Å². The first-order valence-electron chi connectivity index (χ1n) is 4.58. The number of pyridine rings is 1. The molecule has 2 aromatic heterocycles. The van der Waals surface area contributed by atoms with Crippen LogP contribution in [0.2, 0.25) is 5.02 Å². The minimum atomic E-state index is -0.774. The zero-order chi connectivity index (χ0) is 12.7. The Bertz CT molecular complexity index is 676. The topological polar surface area (TPSA) is 66.1 Å². The average Bonchev–Trinajstić information content (AvgIpc) is 2.68. The van der Waals surface area contributed by atoms with Crippen LogP contribution >= 0.6 is 21.0 Å². The largest absolute Gasteiger partial charge is 0.465 e. The van der Waals surface area contributed by atoms with Gasteiger partial charge in [-0.15, -0.1) is 0 Å². The Kier molecular flexibility index (Phi) is 2.93. The Hall–Kier alpha value is -1.39. The lowest BCUT2D eigenvalue weighted by atomic mass is 10.2. The number of aromatic nitrogens is 3. The number of esters is 1. The highest BCUT2D eigenvalue weighted by molar-refractivity contribution is 7.14. The molecule has 2 rings (SSSR count). The highest BCUT2D eigenvalue weighted by Crippen LogP contribution is 2.24. The maximum absolute atomic E-state index is 11.9. The number of nitrogens with zero attached hydrogens (tertiary/aromatic N) is 3. The van der Waals surface area contributed by atoms with E-state index in [1.54, 1.807) is 13.2 Å². The summed E-state index contributed by atoms with van der Waals surface area (Å²) in [5.41, 5.74) is 0.159. The van der Waals surface area contributed by atoms with Crippen LogP contribution in [0.15, 0.2) is 11.0 Å². The van der Waals surface area contributed by atoms with Crippen molar-refractivity contribution in [2.24, 2.45) is 7.05 Å². The van der Waals surface area contributed by atoms with Crippen molar-refractivity contribution in [2.75, 3.05) is 7.11 Å². The van der Waals surface area contributed by atoms with Crippen molar-refractivity contribution < 1.29 is 9.53 Å². The SMILES string of the molecule is COC(=O)c1c(Cl)c2nn(C)cc2n(P)c1=O. The van der Waals surface area contributed by atoms with Crippen LogP contribution in [0.25, 0.3) is 11.0 Å². The summed E-state index contributed by atoms with van der Waals surface area (Å²) >= 11 is 6.01. The van der Waals surface area contributed by atoms with Gasteiger partial charge in [-0.2, -0.15) is 5.10 Å². The van der Waals surface area contributed by atoms with E-state index in [0.29, 0.717) is 11.0 Å². The van der Waals surface area contributed by atoms with Crippen LogP contribution in [-0.2, 0) is 11.8 Å². The molecule has 2 aromatic rings. The highest BCUT2D eigenvalue weighted by atomic mass is 35.5. The monoisotopic (exact) mass is 273 g/mol. The average molecular weight is 274 g/mol. The standard InChI is InChI=1S/C9H9ClN3O3P/c1-12-3-4-7(11-12)6(10)5(9(15)16-2)8(14)13(4)17/h3H,17H2,1-2H3. The maximum atomic E-state index is 11.9. The molecule has 1 unspecified atom stereocenters. The molecular weight excluding hydrogens is 265 g/mol. The van der Waals surface area contributed by atoms with E-state index in [4.69, 9.17) is 11.6 Å². The zero-order valence-corrected chi connectivity index (χ0v) is 11.0. The van der Waals surface area contributed by atoms with Crippen LogP contribution in [0, 0.1) is 0 Å². The van der Waals surface area contributed by atoms with E-state index in [1.807, 2.05) is 0 Å². The van der Waals surface area contributed by atoms with Crippen molar-refractivity contribution >= 4 is 38.0 Å². The van der Waals surface area contributed by atoms with E-state index in [0.717, 1.165) is 0 Å². The molecule has 0 fully saturated rings. The quantitative estimate of drug-likeness (QED) is 0.570. The van der Waals surface area contributed by atoms with E-state index < -0.39 is 11.5 Å². The third-order valence-electron chi connectivity index (χ3n) is 2.32. The lowest BCUT2D eigenvalue weighted by Gasteiger charge is -2.05. The van der Waals surface area contributed by atoms with E-state index in [2.05, 4.69) is 19.2 Å². The van der Waals surface area contributed by atoms with Crippen LogP contribution in [0.5, 0.6) is 0 Å². The van der Waals surface area contributed by atoms with Gasteiger partial charge >= 0.3 is 5.97 Å². The first-order valence-corrected chi connectivity index (χ1v) is 5.48. The van der Waals surface area contributed by atoms with E-state index in [-0.39, 0.29) is 10.6 Å². The normalized spacial score (nSPS) is 10.8. The summed E-state index contributed by atoms with van der Waals surface area (Å²) < 4.78 is 7.28. The Labute approximate surface area is 103 Å². The van der Waals surface area contributed by atoms with Gasteiger partial charge in [0.15, 0.2) is 0 Å². The second-order valence-electron chi connectivity index (χ2n) is 3.39. The first kappa shape index (κ1) is 12.1. The lowest BCUT2D eigenvalue weighted by molar-refractivity contribution is 0.0599. The maximum Gasteiger partial charge on any atom is 0.345 e. The first-order chi connectivity index (χ1) is 7.97. The summed E-state index contributed by atoms with van der Waals surface area (Å²) in [4.78, 5) is 23.4. The van der Waals surface area contributed by atoms with Gasteiger partial charge in [0.05, 0.1) is 17.6 Å². The molecule has 8 heteroatoms. The summed E-state index contributed by atoms with van der Waals surface area (Å²) in [5, 5.41) is 4.11. The minimum Gasteiger partial charge on any atom is -0.465 e. The number of fused-ring (bicyclic) bond motifs is 1. The summed E-state index contributed by atoms with van der Waals surface area (Å²) in [6, 6.07) is 0. The number of hydrogen-bond acceptors (Lipinski definition) is 4. The molecule has 0 amide bonds. The summed E-state index contributed by atoms with van der Waals surface area (Å²) in [6.07, 6.45) is 1.64. The van der Waals surface area contributed by atoms with E-state index in [9.17, 15) is 9.59 Å². The number of aryl methyl sites for hydroxylation is 1. The molecule has 0 saturated carbocycles. The number of hydrogen-bond donors (Lipinski definition) is 0. The minimum absolute atomic E-state index is 0.0103. The molecule has 0 N–H and O–H groups in total. The van der Waals surface area contributed by atoms with Crippen LogP contribution in [0.4, 0.5) is 0 Å². The molecule has 0 bridgehead atoms. The van der Waals surface area contributed by atoms with Crippen LogP contribution in [0.1, 0.15) is 10.4 Å². The Morgan fingerprint density at radius 2 is 2.24 bits per heavy atom. The predicted octanol–water partition coefficient (Wildman–Crippen LogP) is 0.813. The molecule has 17 heavy (non-hydrogen) atoms. The van der Waals surface area contributed by atoms with Crippen molar-refractivity contribution in [1.29, 1.82) is 0 Å². The van der Waals surface area contributed by atoms with Gasteiger partial charge in [0.2, 0.25) is 0 Å². The fourth-order valence-corrected chi connectivity index (χ4v) is 2.14. The predicted molar refractivity (Wildman–Crippen MR) is 66.4 cm³/mol. The fraction of sp³-hybridized carbons (Fsp3) is 0.222. The molecule has 0 aromatic carbocycles. The van der Waals surface area contributed by atoms with Crippen molar-refractivity contribution in [2.45, 2.75) is 0 Å². The van der Waals surface area contributed by atoms with Crippen molar-refractivity contribution in [3.8, 4) is 0 Å². The second-order valence-corrected chi connectivity index (χ2v) is 4.29. The molecule has 0 radical (unpaired) electrons. The molecular formula is C9H9ClN3O3P. The van der Waals surface area contributed by atoms with Crippen LogP contribution < -0.4 is 5.56 Å². The second kappa shape index (κ2) is 4.13. The van der Waals surface area contributed by atoms with Gasteiger partial charge in [0.1, 0.15) is 11.1 Å². The molecule has 90 valence electrons. The zero-order valence-electron chi connectivity index (χ0n) is 9.10. The third kappa shape index (κ3) is 1.73. The molecule has 1 atom stereocenters. The number of halogens is 1. The van der Waals surface area contributed by atoms with Gasteiger partial charge in [-0.25, -0.2) is 4.79 Å². The van der Waals surface area contributed by atoms with Crippen LogP contribution in [-0.4, -0.2) is 27.2 Å². The summed E-state index contributed by atoms with van der Waals surface area (Å²) in [7, 11) is 5.11. The fourth-order valence-electron chi connectivity index (χ4n) is 1.53. The summed E-state index contributed by atoms with van der Waals surface area (Å²) in [5.74, 6) is -0.774. The number of methoxy groups -OCH3 is 1. The smallest absolute Gasteiger partial charge is 0.345 e. The molecule has 0 spiro atoms. The number of rotatable bonds is 1. The lowest BCUT2D eigenvalue weighted by Crippen LogP contribution is -2.23. The van der Waals surface area contributed by atoms with Crippen LogP contribution in [0.3, 0.4) is 0 Å². The van der Waals surface area contributed by atoms with Gasteiger partial charge < -0.3 is 4.74 Å². The molecule has 0 aliphatic rings. The Morgan fingerprint density at radius 1 is 1.59 bits per heavy atom. The van der Waals surface area contributed by atoms with Gasteiger partial charge in [-0.1, -0.05) is 11.6 Å². The molecule has 6 nitrogen and oxygen atoms in total. The van der Waals surface area contributed by atoms with Gasteiger partial charge in [0.25, 0.3) is 5.56 Å². The Balaban J connectivity index is 2.96. The highest BCUT2D eigenvalue weighted by Gasteiger charge is 2.22. The van der Waals surface area contributed by atoms with Crippen molar-refractivity contribution in [3.05, 3.63) is 27.1 Å². The molecule has 0 aliphatic carbocycles. The number of carbonyl (C=O) groups excluding carboxylic acids is 1. The van der Waals surface area contributed by atoms with Gasteiger partial charge in [-0.05, 0) is 9.39 Å². The molecule has 0 aliphatic heterocycles. The number of carbonyl (C=O) groups is 1. The van der Waals surface area contributed by atoms with Crippen molar-refractivity contribution in [1.82, 2.24) is 14.1 Å². The van der Waals surface area contributed by atoms with Crippen molar-refractivity contribution in [3.63, 3.8) is 0 Å². The Morgan fingerprint density at radius 3 is 2.82 bits per heavy atom. The molecule has 0 saturated heterocycles. The number of ether oxygens (including phenoxy) is 1. The third-order valence-corrected chi connectivity index (χ3v) is 3.20. The van der Waals surface area contributed by atoms with Gasteiger partial charge in [0, 0.05) is 13.2 Å². The summed E-state index contributed by atoms with van der Waals surface area (Å²) in [6.45, 7) is 0. The van der Waals surface area contributed by atoms with Gasteiger partial charge in [-0.3, -0.25) is 13.8 Å². The van der Waals surface area contributed by atoms with E-state index >= 15 is 0 Å². The molecule has 2 heterocycles.